The van der Waals surface area contributed by atoms with Crippen molar-refractivity contribution in [2.45, 2.75) is 52.1 Å². The van der Waals surface area contributed by atoms with Crippen LogP contribution in [0.25, 0.3) is 0 Å². The van der Waals surface area contributed by atoms with Crippen molar-refractivity contribution in [2.75, 3.05) is 26.3 Å². The topological polar surface area (TPSA) is 15.3 Å². The standard InChI is InChI=1S/C13H27FN2/c1-4-6-12-9-15-13(11(2)3)10-16(12)8-5-7-14/h11-13,15H,4-10H2,1-3H3. The van der Waals surface area contributed by atoms with E-state index in [0.29, 0.717) is 24.4 Å². The fraction of sp³-hybridized carbons (Fsp3) is 1.00. The van der Waals surface area contributed by atoms with E-state index in [1.807, 2.05) is 0 Å². The van der Waals surface area contributed by atoms with Crippen molar-refractivity contribution in [3.63, 3.8) is 0 Å². The number of rotatable bonds is 6. The molecule has 0 aromatic heterocycles. The van der Waals surface area contributed by atoms with Crippen LogP contribution in [0.5, 0.6) is 0 Å². The number of halogens is 1. The number of nitrogens with zero attached hydrogens (tertiary/aromatic N) is 1. The fourth-order valence-electron chi connectivity index (χ4n) is 2.48. The first-order valence-electron chi connectivity index (χ1n) is 6.72. The lowest BCUT2D eigenvalue weighted by atomic mass is 9.97. The molecule has 0 bridgehead atoms. The molecule has 1 aliphatic rings. The Balaban J connectivity index is 2.47. The molecule has 1 aliphatic heterocycles. The average Bonchev–Trinajstić information content (AvgIpc) is 2.27. The molecule has 0 radical (unpaired) electrons. The molecule has 1 heterocycles. The van der Waals surface area contributed by atoms with Crippen molar-refractivity contribution >= 4 is 0 Å². The third-order valence-corrected chi connectivity index (χ3v) is 3.57. The predicted octanol–water partition coefficient (Wildman–Crippen LogP) is 2.44. The SMILES string of the molecule is CCCC1CNC(C(C)C)CN1CCCF. The molecular weight excluding hydrogens is 203 g/mol. The summed E-state index contributed by atoms with van der Waals surface area (Å²) in [6.45, 7) is 9.63. The van der Waals surface area contributed by atoms with Crippen LogP contribution in [0.2, 0.25) is 0 Å². The highest BCUT2D eigenvalue weighted by atomic mass is 19.1. The minimum absolute atomic E-state index is 0.185. The molecule has 1 N–H and O–H groups in total. The summed E-state index contributed by atoms with van der Waals surface area (Å²) >= 11 is 0. The molecule has 2 nitrogen and oxygen atoms in total. The van der Waals surface area contributed by atoms with Gasteiger partial charge in [-0.1, -0.05) is 27.2 Å². The van der Waals surface area contributed by atoms with E-state index in [4.69, 9.17) is 0 Å². The van der Waals surface area contributed by atoms with E-state index in [9.17, 15) is 4.39 Å². The Morgan fingerprint density at radius 3 is 2.75 bits per heavy atom. The second-order valence-electron chi connectivity index (χ2n) is 5.24. The van der Waals surface area contributed by atoms with Crippen LogP contribution in [-0.2, 0) is 0 Å². The fourth-order valence-corrected chi connectivity index (χ4v) is 2.48. The van der Waals surface area contributed by atoms with E-state index >= 15 is 0 Å². The number of piperazine rings is 1. The van der Waals surface area contributed by atoms with Crippen LogP contribution in [0.1, 0.15) is 40.0 Å². The largest absolute Gasteiger partial charge is 0.311 e. The van der Waals surface area contributed by atoms with Gasteiger partial charge in [0.25, 0.3) is 0 Å². The molecule has 0 spiro atoms. The van der Waals surface area contributed by atoms with Gasteiger partial charge in [0, 0.05) is 31.7 Å². The number of alkyl halides is 1. The van der Waals surface area contributed by atoms with Crippen LogP contribution in [0.4, 0.5) is 4.39 Å². The highest BCUT2D eigenvalue weighted by Gasteiger charge is 2.28. The normalized spacial score (nSPS) is 27.6. The van der Waals surface area contributed by atoms with Crippen molar-refractivity contribution in [1.29, 1.82) is 0 Å². The third-order valence-electron chi connectivity index (χ3n) is 3.57. The monoisotopic (exact) mass is 230 g/mol. The molecule has 96 valence electrons. The summed E-state index contributed by atoms with van der Waals surface area (Å²) in [4.78, 5) is 2.49. The first-order chi connectivity index (χ1) is 7.69. The van der Waals surface area contributed by atoms with Crippen LogP contribution >= 0.6 is 0 Å². The van der Waals surface area contributed by atoms with Crippen LogP contribution in [-0.4, -0.2) is 43.3 Å². The minimum atomic E-state index is -0.185. The lowest BCUT2D eigenvalue weighted by Crippen LogP contribution is -2.58. The summed E-state index contributed by atoms with van der Waals surface area (Å²) in [7, 11) is 0. The molecule has 0 aromatic rings. The smallest absolute Gasteiger partial charge is 0.0906 e. The lowest BCUT2D eigenvalue weighted by molar-refractivity contribution is 0.103. The van der Waals surface area contributed by atoms with Gasteiger partial charge in [0.05, 0.1) is 6.67 Å². The molecule has 0 amide bonds. The van der Waals surface area contributed by atoms with Gasteiger partial charge >= 0.3 is 0 Å². The van der Waals surface area contributed by atoms with Gasteiger partial charge in [-0.3, -0.25) is 9.29 Å². The van der Waals surface area contributed by atoms with Gasteiger partial charge in [-0.2, -0.15) is 0 Å². The molecule has 1 saturated heterocycles. The molecule has 0 aromatic carbocycles. The Kier molecular flexibility index (Phi) is 6.29. The summed E-state index contributed by atoms with van der Waals surface area (Å²) in [5, 5.41) is 3.62. The number of hydrogen-bond donors (Lipinski definition) is 1. The Hall–Kier alpha value is -0.150. The second-order valence-corrected chi connectivity index (χ2v) is 5.24. The van der Waals surface area contributed by atoms with Gasteiger partial charge in [0.2, 0.25) is 0 Å². The summed E-state index contributed by atoms with van der Waals surface area (Å²) in [5.41, 5.74) is 0. The maximum absolute atomic E-state index is 12.3. The Morgan fingerprint density at radius 2 is 2.19 bits per heavy atom. The van der Waals surface area contributed by atoms with Gasteiger partial charge < -0.3 is 5.32 Å². The van der Waals surface area contributed by atoms with E-state index in [-0.39, 0.29) is 6.67 Å². The molecular formula is C13H27FN2. The third kappa shape index (κ3) is 4.02. The zero-order chi connectivity index (χ0) is 12.0. The van der Waals surface area contributed by atoms with E-state index in [2.05, 4.69) is 31.0 Å². The van der Waals surface area contributed by atoms with Crippen molar-refractivity contribution in [2.24, 2.45) is 5.92 Å². The second kappa shape index (κ2) is 7.23. The quantitative estimate of drug-likeness (QED) is 0.754. The van der Waals surface area contributed by atoms with Crippen LogP contribution in [0.15, 0.2) is 0 Å². The molecule has 2 unspecified atom stereocenters. The maximum atomic E-state index is 12.3. The summed E-state index contributed by atoms with van der Waals surface area (Å²) in [6, 6.07) is 1.19. The van der Waals surface area contributed by atoms with Crippen LogP contribution < -0.4 is 5.32 Å². The van der Waals surface area contributed by atoms with Gasteiger partial charge in [0.15, 0.2) is 0 Å². The van der Waals surface area contributed by atoms with Crippen molar-refractivity contribution in [1.82, 2.24) is 10.2 Å². The maximum Gasteiger partial charge on any atom is 0.0906 e. The number of nitrogens with one attached hydrogen (secondary N) is 1. The Morgan fingerprint density at radius 1 is 1.44 bits per heavy atom. The minimum Gasteiger partial charge on any atom is -0.311 e. The van der Waals surface area contributed by atoms with E-state index in [1.165, 1.54) is 12.8 Å². The molecule has 3 heteroatoms. The number of hydrogen-bond acceptors (Lipinski definition) is 2. The van der Waals surface area contributed by atoms with Crippen LogP contribution in [0.3, 0.4) is 0 Å². The van der Waals surface area contributed by atoms with Gasteiger partial charge in [-0.25, -0.2) is 0 Å². The molecule has 2 atom stereocenters. The summed E-state index contributed by atoms with van der Waals surface area (Å²) in [5.74, 6) is 0.662. The predicted molar refractivity (Wildman–Crippen MR) is 67.5 cm³/mol. The van der Waals surface area contributed by atoms with E-state index < -0.39 is 0 Å². The lowest BCUT2D eigenvalue weighted by Gasteiger charge is -2.42. The zero-order valence-electron chi connectivity index (χ0n) is 11.0. The molecule has 1 rings (SSSR count). The van der Waals surface area contributed by atoms with E-state index in [1.54, 1.807) is 0 Å². The van der Waals surface area contributed by atoms with Crippen molar-refractivity contribution < 1.29 is 4.39 Å². The highest BCUT2D eigenvalue weighted by Crippen LogP contribution is 2.16. The molecule has 0 saturated carbocycles. The highest BCUT2D eigenvalue weighted by molar-refractivity contribution is 4.87. The van der Waals surface area contributed by atoms with Crippen LogP contribution in [0, 0.1) is 5.92 Å². The summed E-state index contributed by atoms with van der Waals surface area (Å²) < 4.78 is 12.3. The van der Waals surface area contributed by atoms with Gasteiger partial charge in [-0.05, 0) is 18.8 Å². The summed E-state index contributed by atoms with van der Waals surface area (Å²) in [6.07, 6.45) is 3.12. The van der Waals surface area contributed by atoms with E-state index in [0.717, 1.165) is 19.6 Å². The first kappa shape index (κ1) is 13.9. The van der Waals surface area contributed by atoms with Crippen molar-refractivity contribution in [3.05, 3.63) is 0 Å². The Labute approximate surface area is 99.6 Å². The zero-order valence-corrected chi connectivity index (χ0v) is 11.0. The molecule has 1 fully saturated rings. The molecule has 16 heavy (non-hydrogen) atoms. The average molecular weight is 230 g/mol. The first-order valence-corrected chi connectivity index (χ1v) is 6.72. The van der Waals surface area contributed by atoms with Gasteiger partial charge in [0.1, 0.15) is 0 Å². The van der Waals surface area contributed by atoms with Gasteiger partial charge in [-0.15, -0.1) is 0 Å². The van der Waals surface area contributed by atoms with Crippen molar-refractivity contribution in [3.8, 4) is 0 Å². The Bertz CT molecular complexity index is 185. The molecule has 0 aliphatic carbocycles.